The number of para-hydroxylation sites is 1. The van der Waals surface area contributed by atoms with E-state index in [-0.39, 0.29) is 5.75 Å². The fourth-order valence-corrected chi connectivity index (χ4v) is 2.19. The zero-order valence-electron chi connectivity index (χ0n) is 10.4. The monoisotopic (exact) mass is 268 g/mol. The van der Waals surface area contributed by atoms with Gasteiger partial charge in [-0.25, -0.2) is 8.42 Å². The van der Waals surface area contributed by atoms with E-state index in [9.17, 15) is 8.42 Å². The quantitative estimate of drug-likeness (QED) is 0.789. The molecule has 6 heteroatoms. The molecule has 1 aromatic carbocycles. The predicted molar refractivity (Wildman–Crippen MR) is 70.5 cm³/mol. The second-order valence-corrected chi connectivity index (χ2v) is 6.16. The maximum Gasteiger partial charge on any atom is 0.147 e. The number of hydrogen-bond acceptors (Lipinski definition) is 5. The van der Waals surface area contributed by atoms with Crippen LogP contribution in [0.2, 0.25) is 0 Å². The van der Waals surface area contributed by atoms with Crippen molar-refractivity contribution in [3.05, 3.63) is 23.8 Å². The number of ether oxygens (including phenoxy) is 1. The van der Waals surface area contributed by atoms with Crippen LogP contribution in [0, 0.1) is 11.3 Å². The molecule has 1 rings (SSSR count). The molecule has 0 aliphatic rings. The van der Waals surface area contributed by atoms with Crippen LogP contribution >= 0.6 is 0 Å². The van der Waals surface area contributed by atoms with Crippen molar-refractivity contribution in [2.45, 2.75) is 6.42 Å². The lowest BCUT2D eigenvalue weighted by atomic mass is 10.1. The van der Waals surface area contributed by atoms with E-state index in [0.29, 0.717) is 30.0 Å². The second kappa shape index (κ2) is 6.26. The normalized spacial score (nSPS) is 10.7. The average molecular weight is 268 g/mol. The molecule has 0 saturated carbocycles. The van der Waals surface area contributed by atoms with Crippen molar-refractivity contribution in [2.75, 3.05) is 31.0 Å². The van der Waals surface area contributed by atoms with E-state index >= 15 is 0 Å². The standard InChI is InChI=1S/C12H16N2O3S/c1-17-11-6-3-5-10(9-13)12(11)14-7-4-8-18(2,15)16/h3,5-6,14H,4,7-8H2,1-2H3. The summed E-state index contributed by atoms with van der Waals surface area (Å²) < 4.78 is 27.1. The first-order valence-corrected chi connectivity index (χ1v) is 7.52. The smallest absolute Gasteiger partial charge is 0.147 e. The van der Waals surface area contributed by atoms with Crippen molar-refractivity contribution in [3.8, 4) is 11.8 Å². The third kappa shape index (κ3) is 4.26. The number of methoxy groups -OCH3 is 1. The Bertz CT molecular complexity index is 547. The Morgan fingerprint density at radius 1 is 1.44 bits per heavy atom. The summed E-state index contributed by atoms with van der Waals surface area (Å²) in [5.74, 6) is 0.699. The van der Waals surface area contributed by atoms with E-state index in [0.717, 1.165) is 0 Å². The average Bonchev–Trinajstić information content (AvgIpc) is 2.33. The van der Waals surface area contributed by atoms with Crippen LogP contribution in [0.15, 0.2) is 18.2 Å². The summed E-state index contributed by atoms with van der Waals surface area (Å²) >= 11 is 0. The van der Waals surface area contributed by atoms with E-state index in [1.807, 2.05) is 0 Å². The van der Waals surface area contributed by atoms with Gasteiger partial charge in [0.05, 0.1) is 24.1 Å². The van der Waals surface area contributed by atoms with Gasteiger partial charge in [0.2, 0.25) is 0 Å². The van der Waals surface area contributed by atoms with Gasteiger partial charge in [-0.1, -0.05) is 6.07 Å². The molecule has 0 atom stereocenters. The summed E-state index contributed by atoms with van der Waals surface area (Å²) in [6.45, 7) is 0.474. The summed E-state index contributed by atoms with van der Waals surface area (Å²) in [4.78, 5) is 0. The molecule has 5 nitrogen and oxygen atoms in total. The van der Waals surface area contributed by atoms with Crippen LogP contribution < -0.4 is 10.1 Å². The highest BCUT2D eigenvalue weighted by molar-refractivity contribution is 7.90. The number of sulfone groups is 1. The molecule has 0 aliphatic heterocycles. The molecule has 0 aliphatic carbocycles. The third-order valence-electron chi connectivity index (χ3n) is 2.36. The highest BCUT2D eigenvalue weighted by Gasteiger charge is 2.08. The van der Waals surface area contributed by atoms with Crippen LogP contribution in [0.5, 0.6) is 5.75 Å². The van der Waals surface area contributed by atoms with Crippen LogP contribution in [0.3, 0.4) is 0 Å². The molecular weight excluding hydrogens is 252 g/mol. The molecule has 0 fully saturated rings. The number of nitrogens with one attached hydrogen (secondary N) is 1. The highest BCUT2D eigenvalue weighted by atomic mass is 32.2. The van der Waals surface area contributed by atoms with Crippen LogP contribution in [-0.2, 0) is 9.84 Å². The number of hydrogen-bond donors (Lipinski definition) is 1. The molecule has 0 saturated heterocycles. The Balaban J connectivity index is 2.69. The summed E-state index contributed by atoms with van der Waals surface area (Å²) in [5, 5.41) is 12.0. The third-order valence-corrected chi connectivity index (χ3v) is 3.39. The molecule has 98 valence electrons. The Hall–Kier alpha value is -1.74. The molecule has 0 bridgehead atoms. The summed E-state index contributed by atoms with van der Waals surface area (Å²) in [6, 6.07) is 7.23. The molecule has 18 heavy (non-hydrogen) atoms. The van der Waals surface area contributed by atoms with Crippen molar-refractivity contribution in [3.63, 3.8) is 0 Å². The predicted octanol–water partition coefficient (Wildman–Crippen LogP) is 1.41. The fourth-order valence-electron chi connectivity index (χ4n) is 1.52. The van der Waals surface area contributed by atoms with Gasteiger partial charge in [0.15, 0.2) is 0 Å². The zero-order valence-corrected chi connectivity index (χ0v) is 11.3. The molecule has 0 spiro atoms. The van der Waals surface area contributed by atoms with Gasteiger partial charge in [-0.15, -0.1) is 0 Å². The lowest BCUT2D eigenvalue weighted by molar-refractivity contribution is 0.416. The largest absolute Gasteiger partial charge is 0.495 e. The number of anilines is 1. The fraction of sp³-hybridized carbons (Fsp3) is 0.417. The van der Waals surface area contributed by atoms with Crippen LogP contribution in [-0.4, -0.2) is 34.1 Å². The Morgan fingerprint density at radius 3 is 2.72 bits per heavy atom. The molecule has 0 radical (unpaired) electrons. The van der Waals surface area contributed by atoms with E-state index in [4.69, 9.17) is 10.00 Å². The van der Waals surface area contributed by atoms with E-state index < -0.39 is 9.84 Å². The van der Waals surface area contributed by atoms with Gasteiger partial charge < -0.3 is 10.1 Å². The number of nitrogens with zero attached hydrogens (tertiary/aromatic N) is 1. The molecular formula is C12H16N2O3S. The molecule has 0 heterocycles. The molecule has 1 aromatic rings. The van der Waals surface area contributed by atoms with E-state index in [1.165, 1.54) is 13.4 Å². The van der Waals surface area contributed by atoms with Crippen molar-refractivity contribution < 1.29 is 13.2 Å². The highest BCUT2D eigenvalue weighted by Crippen LogP contribution is 2.27. The number of rotatable bonds is 6. The van der Waals surface area contributed by atoms with Crippen LogP contribution in [0.25, 0.3) is 0 Å². The van der Waals surface area contributed by atoms with Gasteiger partial charge >= 0.3 is 0 Å². The Kier molecular flexibility index (Phi) is 4.98. The van der Waals surface area contributed by atoms with Crippen molar-refractivity contribution >= 4 is 15.5 Å². The maximum absolute atomic E-state index is 11.0. The summed E-state index contributed by atoms with van der Waals surface area (Å²) in [6.07, 6.45) is 1.69. The Labute approximate surface area is 107 Å². The molecule has 0 unspecified atom stereocenters. The first-order chi connectivity index (χ1) is 8.48. The molecule has 0 aromatic heterocycles. The first-order valence-electron chi connectivity index (χ1n) is 5.46. The molecule has 0 amide bonds. The SMILES string of the molecule is COc1cccc(C#N)c1NCCCS(C)(=O)=O. The van der Waals surface area contributed by atoms with Crippen molar-refractivity contribution in [1.82, 2.24) is 0 Å². The van der Waals surface area contributed by atoms with Gasteiger partial charge in [-0.05, 0) is 18.6 Å². The van der Waals surface area contributed by atoms with E-state index in [1.54, 1.807) is 18.2 Å². The van der Waals surface area contributed by atoms with Gasteiger partial charge in [0.1, 0.15) is 21.7 Å². The second-order valence-electron chi connectivity index (χ2n) is 3.90. The van der Waals surface area contributed by atoms with Gasteiger partial charge in [0, 0.05) is 12.8 Å². The van der Waals surface area contributed by atoms with Crippen LogP contribution in [0.4, 0.5) is 5.69 Å². The summed E-state index contributed by atoms with van der Waals surface area (Å²) in [5.41, 5.74) is 1.09. The minimum Gasteiger partial charge on any atom is -0.495 e. The van der Waals surface area contributed by atoms with Gasteiger partial charge in [-0.3, -0.25) is 0 Å². The first kappa shape index (κ1) is 14.3. The molecule has 1 N–H and O–H groups in total. The zero-order chi connectivity index (χ0) is 13.6. The lowest BCUT2D eigenvalue weighted by Crippen LogP contribution is -2.11. The minimum absolute atomic E-state index is 0.122. The lowest BCUT2D eigenvalue weighted by Gasteiger charge is -2.12. The summed E-state index contributed by atoms with van der Waals surface area (Å²) in [7, 11) is -1.42. The van der Waals surface area contributed by atoms with Gasteiger partial charge in [-0.2, -0.15) is 5.26 Å². The number of nitriles is 1. The number of benzene rings is 1. The van der Waals surface area contributed by atoms with Crippen molar-refractivity contribution in [2.24, 2.45) is 0 Å². The Morgan fingerprint density at radius 2 is 2.17 bits per heavy atom. The van der Waals surface area contributed by atoms with Crippen LogP contribution in [0.1, 0.15) is 12.0 Å². The van der Waals surface area contributed by atoms with E-state index in [2.05, 4.69) is 11.4 Å². The van der Waals surface area contributed by atoms with Gasteiger partial charge in [0.25, 0.3) is 0 Å². The topological polar surface area (TPSA) is 79.2 Å². The minimum atomic E-state index is -2.95. The maximum atomic E-state index is 11.0. The van der Waals surface area contributed by atoms with Crippen molar-refractivity contribution in [1.29, 1.82) is 5.26 Å².